The van der Waals surface area contributed by atoms with Crippen LogP contribution in [0, 0.1) is 0 Å². The fourth-order valence-corrected chi connectivity index (χ4v) is 4.42. The molecule has 0 saturated heterocycles. The third-order valence-electron chi connectivity index (χ3n) is 5.79. The summed E-state index contributed by atoms with van der Waals surface area (Å²) in [5.74, 6) is 1.76. The monoisotopic (exact) mass is 482 g/mol. The fraction of sp³-hybridized carbons (Fsp3) is 0.320. The quantitative estimate of drug-likeness (QED) is 0.300. The molecule has 1 unspecified atom stereocenters. The lowest BCUT2D eigenvalue weighted by Crippen LogP contribution is -2.46. The molecule has 6 nitrogen and oxygen atoms in total. The Morgan fingerprint density at radius 2 is 1.85 bits per heavy atom. The summed E-state index contributed by atoms with van der Waals surface area (Å²) >= 11 is 11.9. The van der Waals surface area contributed by atoms with Crippen LogP contribution in [0.3, 0.4) is 0 Å². The molecule has 1 aliphatic rings. The molecule has 4 rings (SSSR count). The number of methoxy groups -OCH3 is 1. The number of halogens is 1. The molecule has 0 aliphatic carbocycles. The molecule has 1 aromatic heterocycles. The Labute approximate surface area is 204 Å². The number of unbranched alkanes of at least 4 members (excludes halogenated alkanes) is 2. The summed E-state index contributed by atoms with van der Waals surface area (Å²) in [6.07, 6.45) is 3.34. The van der Waals surface area contributed by atoms with E-state index in [0.717, 1.165) is 54.0 Å². The zero-order chi connectivity index (χ0) is 23.4. The molecule has 8 heteroatoms. The van der Waals surface area contributed by atoms with Gasteiger partial charge in [0.05, 0.1) is 18.7 Å². The first-order valence-corrected chi connectivity index (χ1v) is 11.8. The number of nitrogens with zero attached hydrogens (tertiary/aromatic N) is 3. The van der Waals surface area contributed by atoms with Crippen molar-refractivity contribution in [3.8, 4) is 17.1 Å². The van der Waals surface area contributed by atoms with Gasteiger partial charge in [-0.05, 0) is 67.5 Å². The molecule has 172 valence electrons. The van der Waals surface area contributed by atoms with Crippen LogP contribution >= 0.6 is 23.8 Å². The predicted octanol–water partition coefficient (Wildman–Crippen LogP) is 6.25. The van der Waals surface area contributed by atoms with Gasteiger partial charge in [0.1, 0.15) is 5.75 Å². The molecule has 0 amide bonds. The molecular formula is C25H27ClN4O2S. The maximum absolute atomic E-state index is 6.13. The molecule has 2 heterocycles. The third-order valence-corrected chi connectivity index (χ3v) is 6.38. The second kappa shape index (κ2) is 10.4. The van der Waals surface area contributed by atoms with Gasteiger partial charge in [0.15, 0.2) is 5.11 Å². The molecule has 1 N–H and O–H groups in total. The van der Waals surface area contributed by atoms with Gasteiger partial charge in [0.2, 0.25) is 5.82 Å². The van der Waals surface area contributed by atoms with E-state index in [1.165, 1.54) is 0 Å². The summed E-state index contributed by atoms with van der Waals surface area (Å²) in [4.78, 5) is 6.88. The smallest absolute Gasteiger partial charge is 0.258 e. The van der Waals surface area contributed by atoms with Crippen molar-refractivity contribution in [3.63, 3.8) is 0 Å². The van der Waals surface area contributed by atoms with Gasteiger partial charge in [-0.15, -0.1) is 0 Å². The third kappa shape index (κ3) is 5.04. The number of nitrogens with one attached hydrogen (secondary N) is 1. The summed E-state index contributed by atoms with van der Waals surface area (Å²) in [7, 11) is 1.64. The van der Waals surface area contributed by atoms with Gasteiger partial charge >= 0.3 is 0 Å². The van der Waals surface area contributed by atoms with Crippen LogP contribution in [-0.4, -0.2) is 33.8 Å². The second-order valence-corrected chi connectivity index (χ2v) is 8.77. The Kier molecular flexibility index (Phi) is 7.30. The minimum atomic E-state index is -0.221. The SMILES string of the molecule is CCCCCN1C(=S)NC(c2ccc(Cl)cc2)C(c2nc(-c3ccc(OC)cc3)no2)=C1C. The van der Waals surface area contributed by atoms with E-state index in [4.69, 9.17) is 38.1 Å². The average Bonchev–Trinajstić information content (AvgIpc) is 3.31. The van der Waals surface area contributed by atoms with Gasteiger partial charge in [0, 0.05) is 22.8 Å². The number of hydrogen-bond donors (Lipinski definition) is 1. The van der Waals surface area contributed by atoms with Crippen LogP contribution in [0.5, 0.6) is 5.75 Å². The number of ether oxygens (including phenoxy) is 1. The fourth-order valence-electron chi connectivity index (χ4n) is 3.94. The molecule has 0 saturated carbocycles. The van der Waals surface area contributed by atoms with Crippen LogP contribution in [0.1, 0.15) is 50.6 Å². The highest BCUT2D eigenvalue weighted by molar-refractivity contribution is 7.80. The van der Waals surface area contributed by atoms with E-state index in [2.05, 4.69) is 29.2 Å². The van der Waals surface area contributed by atoms with Crippen molar-refractivity contribution in [2.24, 2.45) is 0 Å². The molecule has 33 heavy (non-hydrogen) atoms. The largest absolute Gasteiger partial charge is 0.497 e. The van der Waals surface area contributed by atoms with Crippen molar-refractivity contribution < 1.29 is 9.26 Å². The van der Waals surface area contributed by atoms with E-state index < -0.39 is 0 Å². The number of aromatic nitrogens is 2. The minimum absolute atomic E-state index is 0.221. The Morgan fingerprint density at radius 3 is 2.52 bits per heavy atom. The number of benzene rings is 2. The van der Waals surface area contributed by atoms with Crippen LogP contribution < -0.4 is 10.1 Å². The molecule has 0 fully saturated rings. The standard InChI is InChI=1S/C25H27ClN4O2S/c1-4-5-6-15-30-16(2)21(22(27-25(30)33)17-7-11-19(26)12-8-17)24-28-23(29-32-24)18-9-13-20(31-3)14-10-18/h7-14,22H,4-6,15H2,1-3H3,(H,27,33). The highest BCUT2D eigenvalue weighted by atomic mass is 35.5. The van der Waals surface area contributed by atoms with E-state index in [9.17, 15) is 0 Å². The lowest BCUT2D eigenvalue weighted by Gasteiger charge is -2.37. The Morgan fingerprint density at radius 1 is 1.12 bits per heavy atom. The first-order valence-electron chi connectivity index (χ1n) is 11.0. The predicted molar refractivity (Wildman–Crippen MR) is 135 cm³/mol. The Bertz CT molecular complexity index is 1140. The van der Waals surface area contributed by atoms with Crippen LogP contribution in [0.25, 0.3) is 17.0 Å². The van der Waals surface area contributed by atoms with Crippen molar-refractivity contribution >= 4 is 34.5 Å². The lowest BCUT2D eigenvalue weighted by molar-refractivity contribution is 0.395. The van der Waals surface area contributed by atoms with Crippen molar-refractivity contribution in [1.29, 1.82) is 0 Å². The summed E-state index contributed by atoms with van der Waals surface area (Å²) in [5.41, 5.74) is 3.80. The van der Waals surface area contributed by atoms with Gasteiger partial charge in [-0.1, -0.05) is 48.7 Å². The van der Waals surface area contributed by atoms with Crippen LogP contribution in [0.4, 0.5) is 0 Å². The summed E-state index contributed by atoms with van der Waals surface area (Å²) in [6.45, 7) is 5.09. The van der Waals surface area contributed by atoms with E-state index in [1.54, 1.807) is 7.11 Å². The molecule has 3 aromatic rings. The Hall–Kier alpha value is -2.90. The molecule has 0 radical (unpaired) electrons. The summed E-state index contributed by atoms with van der Waals surface area (Å²) in [5, 5.41) is 9.11. The van der Waals surface area contributed by atoms with E-state index in [0.29, 0.717) is 21.9 Å². The molecule has 0 bridgehead atoms. The molecular weight excluding hydrogens is 456 g/mol. The van der Waals surface area contributed by atoms with Crippen LogP contribution in [-0.2, 0) is 0 Å². The van der Waals surface area contributed by atoms with Crippen molar-refractivity contribution in [1.82, 2.24) is 20.4 Å². The number of thiocarbonyl (C=S) groups is 1. The average molecular weight is 483 g/mol. The lowest BCUT2D eigenvalue weighted by atomic mass is 9.94. The van der Waals surface area contributed by atoms with Gasteiger partial charge in [-0.3, -0.25) is 0 Å². The maximum Gasteiger partial charge on any atom is 0.258 e. The van der Waals surface area contributed by atoms with Crippen LogP contribution in [0.15, 0.2) is 58.8 Å². The van der Waals surface area contributed by atoms with Gasteiger partial charge < -0.3 is 19.5 Å². The number of rotatable bonds is 8. The van der Waals surface area contributed by atoms with Crippen molar-refractivity contribution in [2.45, 2.75) is 39.2 Å². The van der Waals surface area contributed by atoms with E-state index in [-0.39, 0.29) is 6.04 Å². The van der Waals surface area contributed by atoms with Crippen molar-refractivity contribution in [3.05, 3.63) is 70.7 Å². The van der Waals surface area contributed by atoms with E-state index >= 15 is 0 Å². The topological polar surface area (TPSA) is 63.4 Å². The number of hydrogen-bond acceptors (Lipinski definition) is 5. The summed E-state index contributed by atoms with van der Waals surface area (Å²) < 4.78 is 11.0. The molecule has 1 aliphatic heterocycles. The Balaban J connectivity index is 1.74. The first-order chi connectivity index (χ1) is 16.0. The molecule has 0 spiro atoms. The first kappa shape index (κ1) is 23.3. The highest BCUT2D eigenvalue weighted by Gasteiger charge is 2.33. The van der Waals surface area contributed by atoms with Crippen molar-refractivity contribution in [2.75, 3.05) is 13.7 Å². The number of allylic oxidation sites excluding steroid dienone is 1. The van der Waals surface area contributed by atoms with Gasteiger partial charge in [-0.25, -0.2) is 0 Å². The molecule has 2 aromatic carbocycles. The van der Waals surface area contributed by atoms with E-state index in [1.807, 2.05) is 48.5 Å². The maximum atomic E-state index is 6.13. The second-order valence-electron chi connectivity index (χ2n) is 7.94. The summed E-state index contributed by atoms with van der Waals surface area (Å²) in [6, 6.07) is 15.1. The van der Waals surface area contributed by atoms with Gasteiger partial charge in [-0.2, -0.15) is 4.98 Å². The highest BCUT2D eigenvalue weighted by Crippen LogP contribution is 2.38. The zero-order valence-electron chi connectivity index (χ0n) is 19.0. The molecule has 1 atom stereocenters. The van der Waals surface area contributed by atoms with Crippen LogP contribution in [0.2, 0.25) is 5.02 Å². The minimum Gasteiger partial charge on any atom is -0.497 e. The van der Waals surface area contributed by atoms with Gasteiger partial charge in [0.25, 0.3) is 5.89 Å². The zero-order valence-corrected chi connectivity index (χ0v) is 20.5. The normalized spacial score (nSPS) is 16.2.